The first-order valence-electron chi connectivity index (χ1n) is 5.07. The SMILES string of the molecule is CSc1cc(Nc2cc(C)c(C#N)c(Cl)n2)n[nH]1. The van der Waals surface area contributed by atoms with Gasteiger partial charge in [-0.3, -0.25) is 5.10 Å². The number of anilines is 2. The van der Waals surface area contributed by atoms with Gasteiger partial charge in [0.05, 0.1) is 10.6 Å². The number of rotatable bonds is 3. The number of pyridine rings is 1. The number of aryl methyl sites for hydroxylation is 1. The fourth-order valence-electron chi connectivity index (χ4n) is 1.44. The van der Waals surface area contributed by atoms with E-state index in [1.54, 1.807) is 17.8 Å². The lowest BCUT2D eigenvalue weighted by molar-refractivity contribution is 1.01. The van der Waals surface area contributed by atoms with Crippen LogP contribution in [0.15, 0.2) is 17.2 Å². The number of halogens is 1. The number of H-pyrrole nitrogens is 1. The maximum atomic E-state index is 8.90. The molecule has 0 aliphatic heterocycles. The summed E-state index contributed by atoms with van der Waals surface area (Å²) in [6, 6.07) is 5.65. The molecule has 0 aliphatic rings. The third-order valence-electron chi connectivity index (χ3n) is 2.31. The Bertz CT molecular complexity index is 593. The topological polar surface area (TPSA) is 77.4 Å². The zero-order valence-corrected chi connectivity index (χ0v) is 11.4. The van der Waals surface area contributed by atoms with Gasteiger partial charge in [-0.15, -0.1) is 11.8 Å². The average Bonchev–Trinajstić information content (AvgIpc) is 2.76. The highest BCUT2D eigenvalue weighted by molar-refractivity contribution is 7.98. The van der Waals surface area contributed by atoms with Gasteiger partial charge >= 0.3 is 0 Å². The van der Waals surface area contributed by atoms with Gasteiger partial charge in [-0.25, -0.2) is 4.98 Å². The molecule has 0 atom stereocenters. The Morgan fingerprint density at radius 1 is 1.44 bits per heavy atom. The molecule has 0 radical (unpaired) electrons. The summed E-state index contributed by atoms with van der Waals surface area (Å²) in [5.41, 5.74) is 1.18. The summed E-state index contributed by atoms with van der Waals surface area (Å²) in [4.78, 5) is 4.11. The normalized spacial score (nSPS) is 10.1. The Labute approximate surface area is 114 Å². The monoisotopic (exact) mass is 279 g/mol. The molecule has 7 heteroatoms. The van der Waals surface area contributed by atoms with Gasteiger partial charge in [-0.1, -0.05) is 11.6 Å². The highest BCUT2D eigenvalue weighted by Gasteiger charge is 2.09. The molecule has 0 saturated carbocycles. The number of nitrogens with one attached hydrogen (secondary N) is 2. The lowest BCUT2D eigenvalue weighted by atomic mass is 10.2. The zero-order valence-electron chi connectivity index (χ0n) is 9.78. The summed E-state index contributed by atoms with van der Waals surface area (Å²) in [7, 11) is 0. The molecule has 2 aromatic rings. The van der Waals surface area contributed by atoms with Crippen molar-refractivity contribution in [1.82, 2.24) is 15.2 Å². The van der Waals surface area contributed by atoms with Crippen molar-refractivity contribution in [3.63, 3.8) is 0 Å². The van der Waals surface area contributed by atoms with E-state index in [1.165, 1.54) is 0 Å². The maximum Gasteiger partial charge on any atom is 0.154 e. The second kappa shape index (κ2) is 5.29. The minimum atomic E-state index is 0.195. The second-order valence-corrected chi connectivity index (χ2v) is 4.75. The smallest absolute Gasteiger partial charge is 0.154 e. The Kier molecular flexibility index (Phi) is 3.75. The van der Waals surface area contributed by atoms with E-state index < -0.39 is 0 Å². The summed E-state index contributed by atoms with van der Waals surface area (Å²) in [5.74, 6) is 1.22. The zero-order chi connectivity index (χ0) is 13.1. The van der Waals surface area contributed by atoms with Gasteiger partial charge in [-0.2, -0.15) is 10.4 Å². The fourth-order valence-corrected chi connectivity index (χ4v) is 2.08. The van der Waals surface area contributed by atoms with Crippen LogP contribution in [-0.2, 0) is 0 Å². The third kappa shape index (κ3) is 2.58. The number of hydrogen-bond donors (Lipinski definition) is 2. The first-order chi connectivity index (χ1) is 8.63. The van der Waals surface area contributed by atoms with E-state index in [-0.39, 0.29) is 5.15 Å². The predicted octanol–water partition coefficient (Wildman–Crippen LogP) is 3.10. The van der Waals surface area contributed by atoms with Crippen molar-refractivity contribution >= 4 is 35.0 Å². The van der Waals surface area contributed by atoms with Crippen LogP contribution in [0, 0.1) is 18.3 Å². The van der Waals surface area contributed by atoms with Gasteiger partial charge in [0.15, 0.2) is 5.82 Å². The van der Waals surface area contributed by atoms with Crippen molar-refractivity contribution in [3.05, 3.63) is 28.4 Å². The van der Waals surface area contributed by atoms with Crippen LogP contribution >= 0.6 is 23.4 Å². The molecule has 2 N–H and O–H groups in total. The van der Waals surface area contributed by atoms with Crippen molar-refractivity contribution < 1.29 is 0 Å². The Hall–Kier alpha value is -1.71. The lowest BCUT2D eigenvalue weighted by Gasteiger charge is -2.05. The van der Waals surface area contributed by atoms with Crippen LogP contribution in [0.3, 0.4) is 0 Å². The molecule has 0 amide bonds. The van der Waals surface area contributed by atoms with Gasteiger partial charge in [0, 0.05) is 6.07 Å². The number of nitrogens with zero attached hydrogens (tertiary/aromatic N) is 3. The third-order valence-corrected chi connectivity index (χ3v) is 3.24. The van der Waals surface area contributed by atoms with E-state index in [1.807, 2.05) is 25.3 Å². The second-order valence-electron chi connectivity index (χ2n) is 3.55. The van der Waals surface area contributed by atoms with E-state index >= 15 is 0 Å². The van der Waals surface area contributed by atoms with Crippen LogP contribution in [0.4, 0.5) is 11.6 Å². The van der Waals surface area contributed by atoms with Crippen LogP contribution in [0.2, 0.25) is 5.15 Å². The molecule has 2 aromatic heterocycles. The van der Waals surface area contributed by atoms with Gasteiger partial charge in [0.1, 0.15) is 17.0 Å². The first kappa shape index (κ1) is 12.7. The summed E-state index contributed by atoms with van der Waals surface area (Å²) >= 11 is 7.49. The molecule has 0 fully saturated rings. The van der Waals surface area contributed by atoms with Gasteiger partial charge < -0.3 is 5.32 Å². The van der Waals surface area contributed by atoms with Gasteiger partial charge in [0.25, 0.3) is 0 Å². The molecule has 92 valence electrons. The number of aromatic nitrogens is 3. The van der Waals surface area contributed by atoms with E-state index in [0.717, 1.165) is 10.6 Å². The van der Waals surface area contributed by atoms with Crippen LogP contribution in [0.25, 0.3) is 0 Å². The van der Waals surface area contributed by atoms with Crippen LogP contribution in [0.1, 0.15) is 11.1 Å². The van der Waals surface area contributed by atoms with Gasteiger partial charge in [0.2, 0.25) is 0 Å². The molecule has 0 bridgehead atoms. The van der Waals surface area contributed by atoms with Gasteiger partial charge in [-0.05, 0) is 24.8 Å². The lowest BCUT2D eigenvalue weighted by Crippen LogP contribution is -1.97. The van der Waals surface area contributed by atoms with E-state index in [9.17, 15) is 0 Å². The standard InChI is InChI=1S/C11H10ClN5S/c1-6-3-8(15-11(12)7(6)5-13)14-9-4-10(18-2)17-16-9/h3-4H,1-2H3,(H2,14,15,16,17). The Balaban J connectivity index is 2.27. The van der Waals surface area contributed by atoms with E-state index in [4.69, 9.17) is 16.9 Å². The number of aromatic amines is 1. The Morgan fingerprint density at radius 2 is 2.22 bits per heavy atom. The summed E-state index contributed by atoms with van der Waals surface area (Å²) in [6.45, 7) is 1.81. The molecule has 0 saturated heterocycles. The van der Waals surface area contributed by atoms with Crippen LogP contribution in [0.5, 0.6) is 0 Å². The highest BCUT2D eigenvalue weighted by atomic mass is 35.5. The minimum Gasteiger partial charge on any atom is -0.323 e. The minimum absolute atomic E-state index is 0.195. The molecular formula is C11H10ClN5S. The predicted molar refractivity (Wildman–Crippen MR) is 72.4 cm³/mol. The summed E-state index contributed by atoms with van der Waals surface area (Å²) < 4.78 is 0. The summed E-state index contributed by atoms with van der Waals surface area (Å²) in [6.07, 6.45) is 1.96. The molecule has 2 rings (SSSR count). The van der Waals surface area contributed by atoms with Crippen molar-refractivity contribution in [2.75, 3.05) is 11.6 Å². The Morgan fingerprint density at radius 3 is 2.78 bits per heavy atom. The van der Waals surface area contributed by atoms with E-state index in [2.05, 4.69) is 20.5 Å². The molecule has 0 unspecified atom stereocenters. The van der Waals surface area contributed by atoms with Crippen LogP contribution < -0.4 is 5.32 Å². The number of hydrogen-bond acceptors (Lipinski definition) is 5. The molecular weight excluding hydrogens is 270 g/mol. The molecule has 18 heavy (non-hydrogen) atoms. The summed E-state index contributed by atoms with van der Waals surface area (Å²) in [5, 5.41) is 20.0. The molecule has 0 spiro atoms. The molecule has 5 nitrogen and oxygen atoms in total. The van der Waals surface area contributed by atoms with Crippen molar-refractivity contribution in [3.8, 4) is 6.07 Å². The quantitative estimate of drug-likeness (QED) is 0.667. The average molecular weight is 280 g/mol. The van der Waals surface area contributed by atoms with Crippen molar-refractivity contribution in [2.45, 2.75) is 11.9 Å². The maximum absolute atomic E-state index is 8.90. The number of thioether (sulfide) groups is 1. The molecule has 0 aromatic carbocycles. The van der Waals surface area contributed by atoms with E-state index in [0.29, 0.717) is 17.2 Å². The molecule has 2 heterocycles. The largest absolute Gasteiger partial charge is 0.323 e. The highest BCUT2D eigenvalue weighted by Crippen LogP contribution is 2.23. The fraction of sp³-hybridized carbons (Fsp3) is 0.182. The van der Waals surface area contributed by atoms with Crippen molar-refractivity contribution in [1.29, 1.82) is 5.26 Å². The van der Waals surface area contributed by atoms with Crippen molar-refractivity contribution in [2.24, 2.45) is 0 Å². The molecule has 0 aliphatic carbocycles. The van der Waals surface area contributed by atoms with Crippen LogP contribution in [-0.4, -0.2) is 21.4 Å². The number of nitriles is 1. The first-order valence-corrected chi connectivity index (χ1v) is 6.68.